The van der Waals surface area contributed by atoms with Crippen LogP contribution in [0.1, 0.15) is 24.4 Å². The molecule has 0 spiro atoms. The highest BCUT2D eigenvalue weighted by Crippen LogP contribution is 1.99. The summed E-state index contributed by atoms with van der Waals surface area (Å²) in [6, 6.07) is 2.74. The van der Waals surface area contributed by atoms with Crippen LogP contribution in [0.25, 0.3) is 0 Å². The Morgan fingerprint density at radius 1 is 1.39 bits per heavy atom. The topological polar surface area (TPSA) is 83.4 Å². The first-order valence-electron chi connectivity index (χ1n) is 5.84. The van der Waals surface area contributed by atoms with Crippen LogP contribution in [0.2, 0.25) is 0 Å². The molecule has 0 fully saturated rings. The lowest BCUT2D eigenvalue weighted by molar-refractivity contribution is -0.122. The highest BCUT2D eigenvalue weighted by Gasteiger charge is 2.17. The zero-order valence-electron chi connectivity index (χ0n) is 10.8. The van der Waals surface area contributed by atoms with E-state index in [0.717, 1.165) is 0 Å². The molecule has 0 radical (unpaired) electrons. The van der Waals surface area contributed by atoms with Crippen molar-refractivity contribution >= 4 is 11.8 Å². The second-order valence-corrected chi connectivity index (χ2v) is 4.11. The predicted octanol–water partition coefficient (Wildman–Crippen LogP) is 0.122. The predicted molar refractivity (Wildman–Crippen MR) is 67.2 cm³/mol. The Morgan fingerprint density at radius 2 is 2.11 bits per heavy atom. The van der Waals surface area contributed by atoms with Crippen LogP contribution >= 0.6 is 0 Å². The van der Waals surface area contributed by atoms with Gasteiger partial charge in [0.25, 0.3) is 5.91 Å². The van der Waals surface area contributed by atoms with Gasteiger partial charge in [0.15, 0.2) is 5.76 Å². The molecule has 0 aliphatic rings. The summed E-state index contributed by atoms with van der Waals surface area (Å²) in [6.45, 7) is 4.09. The van der Waals surface area contributed by atoms with Gasteiger partial charge in [0.05, 0.1) is 6.26 Å². The third-order valence-corrected chi connectivity index (χ3v) is 2.56. The number of rotatable bonds is 6. The molecule has 0 saturated heterocycles. The molecule has 6 heteroatoms. The fourth-order valence-electron chi connectivity index (χ4n) is 1.25. The highest BCUT2D eigenvalue weighted by atomic mass is 16.3. The normalized spacial score (nSPS) is 13.7. The molecule has 1 aromatic rings. The number of carbonyl (C=O) groups excluding carboxylic acids is 2. The lowest BCUT2D eigenvalue weighted by Gasteiger charge is -2.16. The SMILES string of the molecule is CNC(C)CNC(=O)C(C)NC(=O)c1ccco1. The maximum absolute atomic E-state index is 11.7. The first-order chi connectivity index (χ1) is 8.54. The van der Waals surface area contributed by atoms with Crippen molar-refractivity contribution in [2.75, 3.05) is 13.6 Å². The van der Waals surface area contributed by atoms with E-state index in [2.05, 4.69) is 16.0 Å². The molecular formula is C12H19N3O3. The summed E-state index contributed by atoms with van der Waals surface area (Å²) in [6.07, 6.45) is 1.41. The van der Waals surface area contributed by atoms with E-state index in [-0.39, 0.29) is 17.7 Å². The lowest BCUT2D eigenvalue weighted by Crippen LogP contribution is -2.47. The van der Waals surface area contributed by atoms with E-state index in [9.17, 15) is 9.59 Å². The molecule has 2 unspecified atom stereocenters. The quantitative estimate of drug-likeness (QED) is 0.672. The number of carbonyl (C=O) groups is 2. The molecule has 3 N–H and O–H groups in total. The summed E-state index contributed by atoms with van der Waals surface area (Å²) in [7, 11) is 1.82. The third kappa shape index (κ3) is 4.21. The van der Waals surface area contributed by atoms with Crippen LogP contribution in [0, 0.1) is 0 Å². The van der Waals surface area contributed by atoms with Gasteiger partial charge in [0.2, 0.25) is 5.91 Å². The fourth-order valence-corrected chi connectivity index (χ4v) is 1.25. The second-order valence-electron chi connectivity index (χ2n) is 4.11. The van der Waals surface area contributed by atoms with Gasteiger partial charge >= 0.3 is 0 Å². The molecule has 6 nitrogen and oxygen atoms in total. The van der Waals surface area contributed by atoms with Crippen LogP contribution in [-0.2, 0) is 4.79 Å². The number of hydrogen-bond donors (Lipinski definition) is 3. The van der Waals surface area contributed by atoms with Crippen LogP contribution in [0.5, 0.6) is 0 Å². The Hall–Kier alpha value is -1.82. The van der Waals surface area contributed by atoms with Gasteiger partial charge in [-0.1, -0.05) is 0 Å². The lowest BCUT2D eigenvalue weighted by atomic mass is 10.2. The van der Waals surface area contributed by atoms with E-state index in [1.54, 1.807) is 19.1 Å². The van der Waals surface area contributed by atoms with Crippen molar-refractivity contribution in [3.05, 3.63) is 24.2 Å². The summed E-state index contributed by atoms with van der Waals surface area (Å²) in [5, 5.41) is 8.30. The average molecular weight is 253 g/mol. The molecule has 18 heavy (non-hydrogen) atoms. The maximum Gasteiger partial charge on any atom is 0.287 e. The van der Waals surface area contributed by atoms with E-state index in [1.165, 1.54) is 6.26 Å². The molecular weight excluding hydrogens is 234 g/mol. The molecule has 1 rings (SSSR count). The number of amides is 2. The zero-order chi connectivity index (χ0) is 13.5. The smallest absolute Gasteiger partial charge is 0.287 e. The summed E-state index contributed by atoms with van der Waals surface area (Å²) in [5.74, 6) is -0.431. The van der Waals surface area contributed by atoms with Crippen molar-refractivity contribution in [1.29, 1.82) is 0 Å². The molecule has 0 saturated carbocycles. The minimum absolute atomic E-state index is 0.182. The molecule has 100 valence electrons. The van der Waals surface area contributed by atoms with E-state index < -0.39 is 11.9 Å². The van der Waals surface area contributed by atoms with E-state index >= 15 is 0 Å². The maximum atomic E-state index is 11.7. The third-order valence-electron chi connectivity index (χ3n) is 2.56. The van der Waals surface area contributed by atoms with Crippen LogP contribution < -0.4 is 16.0 Å². The van der Waals surface area contributed by atoms with Gasteiger partial charge in [-0.2, -0.15) is 0 Å². The second kappa shape index (κ2) is 6.80. The van der Waals surface area contributed by atoms with Gasteiger partial charge in [-0.15, -0.1) is 0 Å². The average Bonchev–Trinajstić information content (AvgIpc) is 2.89. The van der Waals surface area contributed by atoms with Crippen molar-refractivity contribution < 1.29 is 14.0 Å². The number of furan rings is 1. The molecule has 0 aliphatic heterocycles. The van der Waals surface area contributed by atoms with Crippen LogP contribution in [0.4, 0.5) is 0 Å². The van der Waals surface area contributed by atoms with E-state index in [4.69, 9.17) is 4.42 Å². The minimum Gasteiger partial charge on any atom is -0.459 e. The fraction of sp³-hybridized carbons (Fsp3) is 0.500. The van der Waals surface area contributed by atoms with Crippen molar-refractivity contribution in [2.45, 2.75) is 25.9 Å². The molecule has 0 aromatic carbocycles. The van der Waals surface area contributed by atoms with Gasteiger partial charge in [-0.3, -0.25) is 9.59 Å². The van der Waals surface area contributed by atoms with E-state index in [1.807, 2.05) is 14.0 Å². The van der Waals surface area contributed by atoms with Crippen molar-refractivity contribution in [3.63, 3.8) is 0 Å². The van der Waals surface area contributed by atoms with Crippen LogP contribution in [0.15, 0.2) is 22.8 Å². The number of likely N-dealkylation sites (N-methyl/N-ethyl adjacent to an activating group) is 1. The largest absolute Gasteiger partial charge is 0.459 e. The summed E-state index contributed by atoms with van der Waals surface area (Å²) in [4.78, 5) is 23.3. The molecule has 0 aliphatic carbocycles. The standard InChI is InChI=1S/C12H19N3O3/c1-8(13-3)7-14-11(16)9(2)15-12(17)10-5-4-6-18-10/h4-6,8-9,13H,7H2,1-3H3,(H,14,16)(H,15,17). The van der Waals surface area contributed by atoms with Crippen molar-refractivity contribution in [1.82, 2.24) is 16.0 Å². The van der Waals surface area contributed by atoms with Crippen LogP contribution in [-0.4, -0.2) is 37.5 Å². The molecule has 1 aromatic heterocycles. The molecule has 1 heterocycles. The van der Waals surface area contributed by atoms with Gasteiger partial charge in [-0.25, -0.2) is 0 Å². The highest BCUT2D eigenvalue weighted by molar-refractivity contribution is 5.95. The van der Waals surface area contributed by atoms with Gasteiger partial charge in [0, 0.05) is 12.6 Å². The van der Waals surface area contributed by atoms with Crippen molar-refractivity contribution in [2.24, 2.45) is 0 Å². The van der Waals surface area contributed by atoms with Gasteiger partial charge < -0.3 is 20.4 Å². The van der Waals surface area contributed by atoms with E-state index in [0.29, 0.717) is 6.54 Å². The number of hydrogen-bond acceptors (Lipinski definition) is 4. The van der Waals surface area contributed by atoms with Crippen LogP contribution in [0.3, 0.4) is 0 Å². The summed E-state index contributed by atoms with van der Waals surface area (Å²) < 4.78 is 4.94. The molecule has 0 bridgehead atoms. The first-order valence-corrected chi connectivity index (χ1v) is 5.84. The Kier molecular flexibility index (Phi) is 5.38. The Labute approximate surface area is 106 Å². The van der Waals surface area contributed by atoms with Gasteiger partial charge in [-0.05, 0) is 33.0 Å². The first kappa shape index (κ1) is 14.2. The zero-order valence-corrected chi connectivity index (χ0v) is 10.8. The van der Waals surface area contributed by atoms with Crippen molar-refractivity contribution in [3.8, 4) is 0 Å². The Bertz CT molecular complexity index is 389. The minimum atomic E-state index is -0.605. The monoisotopic (exact) mass is 253 g/mol. The summed E-state index contributed by atoms with van der Waals surface area (Å²) >= 11 is 0. The van der Waals surface area contributed by atoms with Gasteiger partial charge in [0.1, 0.15) is 6.04 Å². The Morgan fingerprint density at radius 3 is 2.67 bits per heavy atom. The Balaban J connectivity index is 2.38. The summed E-state index contributed by atoms with van der Waals surface area (Å²) in [5.41, 5.74) is 0. The molecule has 2 atom stereocenters. The molecule has 2 amide bonds. The number of nitrogens with one attached hydrogen (secondary N) is 3.